The highest BCUT2D eigenvalue weighted by molar-refractivity contribution is 9.10. The van der Waals surface area contributed by atoms with Crippen LogP contribution >= 0.6 is 27.3 Å². The van der Waals surface area contributed by atoms with Gasteiger partial charge >= 0.3 is 5.97 Å². The van der Waals surface area contributed by atoms with Gasteiger partial charge in [0.1, 0.15) is 12.4 Å². The van der Waals surface area contributed by atoms with Crippen molar-refractivity contribution in [3.05, 3.63) is 95.6 Å². The molecule has 1 aliphatic heterocycles. The smallest absolute Gasteiger partial charge is 0.338 e. The Balaban J connectivity index is 1.88. The maximum atomic E-state index is 13.9. The minimum absolute atomic E-state index is 0.0580. The van der Waals surface area contributed by atoms with Gasteiger partial charge in [0, 0.05) is 0 Å². The van der Waals surface area contributed by atoms with Gasteiger partial charge in [-0.2, -0.15) is 0 Å². The molecule has 2 aromatic carbocycles. The lowest BCUT2D eigenvalue weighted by molar-refractivity contribution is -0.139. The highest BCUT2D eigenvalue weighted by Crippen LogP contribution is 2.36. The maximum absolute atomic E-state index is 13.9. The number of halogens is 1. The Kier molecular flexibility index (Phi) is 9.32. The quantitative estimate of drug-likeness (QED) is 0.234. The van der Waals surface area contributed by atoms with E-state index < -0.39 is 12.0 Å². The van der Waals surface area contributed by atoms with Gasteiger partial charge < -0.3 is 18.9 Å². The van der Waals surface area contributed by atoms with E-state index in [9.17, 15) is 9.59 Å². The number of thiazole rings is 1. The molecule has 210 valence electrons. The normalized spacial score (nSPS) is 15.0. The van der Waals surface area contributed by atoms with E-state index in [1.807, 2.05) is 38.1 Å². The Morgan fingerprint density at radius 1 is 1.20 bits per heavy atom. The molecule has 1 atom stereocenters. The molecule has 0 N–H and O–H groups in total. The Morgan fingerprint density at radius 3 is 2.60 bits per heavy atom. The number of allylic oxidation sites excluding steroid dienone is 1. The largest absolute Gasteiger partial charge is 0.493 e. The Hall–Kier alpha value is -3.63. The van der Waals surface area contributed by atoms with Crippen LogP contribution in [0, 0.1) is 0 Å². The summed E-state index contributed by atoms with van der Waals surface area (Å²) >= 11 is 4.79. The van der Waals surface area contributed by atoms with Crippen molar-refractivity contribution in [2.24, 2.45) is 4.99 Å². The molecule has 1 aliphatic rings. The molecule has 8 nitrogen and oxygen atoms in total. The summed E-state index contributed by atoms with van der Waals surface area (Å²) in [6.07, 6.45) is 3.41. The summed E-state index contributed by atoms with van der Waals surface area (Å²) in [6.45, 7) is 11.6. The second-order valence-corrected chi connectivity index (χ2v) is 11.0. The molecule has 0 amide bonds. The van der Waals surface area contributed by atoms with E-state index in [0.717, 1.165) is 10.0 Å². The zero-order chi connectivity index (χ0) is 29.0. The lowest BCUT2D eigenvalue weighted by Gasteiger charge is -2.25. The molecule has 0 saturated carbocycles. The molecule has 3 aromatic rings. The number of benzene rings is 2. The van der Waals surface area contributed by atoms with Crippen molar-refractivity contribution in [1.82, 2.24) is 4.57 Å². The van der Waals surface area contributed by atoms with Crippen molar-refractivity contribution in [1.29, 1.82) is 0 Å². The summed E-state index contributed by atoms with van der Waals surface area (Å²) < 4.78 is 25.3. The van der Waals surface area contributed by atoms with Crippen LogP contribution in [-0.2, 0) is 9.53 Å². The summed E-state index contributed by atoms with van der Waals surface area (Å²) in [5.74, 6) is 1.21. The number of carbonyl (C=O) groups excluding carboxylic acids is 1. The first-order chi connectivity index (χ1) is 19.2. The fourth-order valence-electron chi connectivity index (χ4n) is 4.34. The molecule has 1 aromatic heterocycles. The van der Waals surface area contributed by atoms with E-state index in [1.165, 1.54) is 11.3 Å². The first kappa shape index (κ1) is 29.4. The fourth-order valence-corrected chi connectivity index (χ4v) is 5.89. The number of methoxy groups -OCH3 is 1. The second kappa shape index (κ2) is 12.7. The monoisotopic (exact) mass is 626 g/mol. The van der Waals surface area contributed by atoms with Crippen LogP contribution < -0.4 is 29.1 Å². The predicted octanol–water partition coefficient (Wildman–Crippen LogP) is 4.92. The maximum Gasteiger partial charge on any atom is 0.338 e. The molecule has 0 saturated heterocycles. The van der Waals surface area contributed by atoms with Gasteiger partial charge in [0.25, 0.3) is 5.56 Å². The minimum atomic E-state index is -0.763. The number of rotatable bonds is 10. The lowest BCUT2D eigenvalue weighted by atomic mass is 9.95. The van der Waals surface area contributed by atoms with Crippen molar-refractivity contribution in [3.8, 4) is 17.2 Å². The average molecular weight is 628 g/mol. The average Bonchev–Trinajstić information content (AvgIpc) is 3.21. The molecule has 0 unspecified atom stereocenters. The number of aromatic nitrogens is 1. The van der Waals surface area contributed by atoms with Crippen molar-refractivity contribution in [2.45, 2.75) is 39.8 Å². The first-order valence-corrected chi connectivity index (χ1v) is 14.4. The third-order valence-electron chi connectivity index (χ3n) is 5.99. The van der Waals surface area contributed by atoms with E-state index >= 15 is 0 Å². The number of fused-ring (bicyclic) bond motifs is 1. The second-order valence-electron chi connectivity index (χ2n) is 9.17. The highest BCUT2D eigenvalue weighted by atomic mass is 79.9. The van der Waals surface area contributed by atoms with E-state index in [1.54, 1.807) is 49.8 Å². The van der Waals surface area contributed by atoms with E-state index in [2.05, 4.69) is 27.5 Å². The predicted molar refractivity (Wildman–Crippen MR) is 159 cm³/mol. The van der Waals surface area contributed by atoms with Crippen LogP contribution in [0.5, 0.6) is 17.2 Å². The van der Waals surface area contributed by atoms with Crippen molar-refractivity contribution >= 4 is 39.3 Å². The molecule has 0 fully saturated rings. The highest BCUT2D eigenvalue weighted by Gasteiger charge is 2.34. The summed E-state index contributed by atoms with van der Waals surface area (Å²) in [7, 11) is 1.55. The molecule has 0 aliphatic carbocycles. The van der Waals surface area contributed by atoms with Crippen molar-refractivity contribution in [3.63, 3.8) is 0 Å². The van der Waals surface area contributed by atoms with Crippen LogP contribution in [0.2, 0.25) is 0 Å². The van der Waals surface area contributed by atoms with Crippen LogP contribution in [-0.4, -0.2) is 37.0 Å². The van der Waals surface area contributed by atoms with Gasteiger partial charge in [-0.05, 0) is 85.1 Å². The number of ether oxygens (including phenoxy) is 4. The van der Waals surface area contributed by atoms with Crippen molar-refractivity contribution < 1.29 is 23.7 Å². The molecule has 2 heterocycles. The lowest BCUT2D eigenvalue weighted by Crippen LogP contribution is -2.40. The molecule has 0 bridgehead atoms. The molecule has 40 heavy (non-hydrogen) atoms. The fraction of sp³-hybridized carbons (Fsp3) is 0.300. The molecular weight excluding hydrogens is 596 g/mol. The van der Waals surface area contributed by atoms with Gasteiger partial charge in [-0.25, -0.2) is 9.79 Å². The topological polar surface area (TPSA) is 88.3 Å². The van der Waals surface area contributed by atoms with E-state index in [4.69, 9.17) is 18.9 Å². The zero-order valence-corrected chi connectivity index (χ0v) is 25.4. The molecular formula is C30H31BrN2O6S. The Morgan fingerprint density at radius 2 is 1.95 bits per heavy atom. The summed E-state index contributed by atoms with van der Waals surface area (Å²) in [6, 6.07) is 10.2. The third kappa shape index (κ3) is 6.08. The van der Waals surface area contributed by atoms with Gasteiger partial charge in [-0.15, -0.1) is 0 Å². The molecule has 4 rings (SSSR count). The van der Waals surface area contributed by atoms with Crippen LogP contribution in [0.3, 0.4) is 0 Å². The Labute approximate surface area is 245 Å². The van der Waals surface area contributed by atoms with Gasteiger partial charge in [0.05, 0.1) is 46.1 Å². The Bertz CT molecular complexity index is 1650. The zero-order valence-electron chi connectivity index (χ0n) is 23.0. The van der Waals surface area contributed by atoms with Crippen LogP contribution in [0.25, 0.3) is 6.08 Å². The third-order valence-corrected chi connectivity index (χ3v) is 7.60. The van der Waals surface area contributed by atoms with Gasteiger partial charge in [0.2, 0.25) is 0 Å². The number of esters is 1. The number of hydrogen-bond donors (Lipinski definition) is 0. The van der Waals surface area contributed by atoms with Gasteiger partial charge in [-0.1, -0.05) is 36.1 Å². The van der Waals surface area contributed by atoms with E-state index in [0.29, 0.717) is 50.0 Å². The molecule has 0 radical (unpaired) electrons. The molecule has 10 heteroatoms. The van der Waals surface area contributed by atoms with Crippen LogP contribution in [0.15, 0.2) is 74.6 Å². The summed E-state index contributed by atoms with van der Waals surface area (Å²) in [5, 5.41) is 0. The summed E-state index contributed by atoms with van der Waals surface area (Å²) in [4.78, 5) is 32.2. The SMILES string of the molecule is C=CCOc1ccc(/C=c2\sc3n(c2=O)[C@H](c2ccc(OC(C)C)c(OC)c2)C(C(=O)OCC)=C(C)N=3)cc1Br. The number of hydrogen-bond acceptors (Lipinski definition) is 8. The van der Waals surface area contributed by atoms with E-state index in [-0.39, 0.29) is 18.3 Å². The standard InChI is InChI=1S/C30H31BrN2O6S/c1-7-13-38-22-11-9-19(14-21(22)31)15-25-28(34)33-27(20-10-12-23(39-17(3)4)24(16-20)36-6)26(29(35)37-8-2)18(5)32-30(33)40-25/h7,9-12,14-17,27H,1,8,13H2,2-6H3/b25-15-/t27-/m1/s1. The van der Waals surface area contributed by atoms with Crippen LogP contribution in [0.4, 0.5) is 0 Å². The number of nitrogens with zero attached hydrogens (tertiary/aromatic N) is 2. The minimum Gasteiger partial charge on any atom is -0.493 e. The van der Waals surface area contributed by atoms with Crippen LogP contribution in [0.1, 0.15) is 44.9 Å². The van der Waals surface area contributed by atoms with Crippen molar-refractivity contribution in [2.75, 3.05) is 20.3 Å². The van der Waals surface area contributed by atoms with Gasteiger partial charge in [-0.3, -0.25) is 9.36 Å². The number of carbonyl (C=O) groups is 1. The summed E-state index contributed by atoms with van der Waals surface area (Å²) in [5.41, 5.74) is 1.99. The first-order valence-electron chi connectivity index (χ1n) is 12.8. The van der Waals surface area contributed by atoms with Gasteiger partial charge in [0.15, 0.2) is 16.3 Å². The molecule has 0 spiro atoms.